The molecule has 0 radical (unpaired) electrons. The van der Waals surface area contributed by atoms with Gasteiger partial charge in [0.25, 0.3) is 0 Å². The van der Waals surface area contributed by atoms with Gasteiger partial charge in [-0.25, -0.2) is 0 Å². The zero-order valence-electron chi connectivity index (χ0n) is 21.5. The minimum atomic E-state index is 0.0682. The maximum absolute atomic E-state index is 5.52. The van der Waals surface area contributed by atoms with Gasteiger partial charge in [0.05, 0.1) is 0 Å². The highest BCUT2D eigenvalue weighted by molar-refractivity contribution is 5.49. The minimum absolute atomic E-state index is 0.0682. The van der Waals surface area contributed by atoms with Crippen LogP contribution in [0.15, 0.2) is 42.5 Å². The predicted molar refractivity (Wildman–Crippen MR) is 141 cm³/mol. The third-order valence-electron chi connectivity index (χ3n) is 7.59. The van der Waals surface area contributed by atoms with Crippen LogP contribution in [0.3, 0.4) is 0 Å². The van der Waals surface area contributed by atoms with Crippen molar-refractivity contribution in [2.75, 3.05) is 31.6 Å². The Bertz CT molecular complexity index is 915. The first-order chi connectivity index (χ1) is 15.7. The van der Waals surface area contributed by atoms with Crippen molar-refractivity contribution in [3.8, 4) is 0 Å². The summed E-state index contributed by atoms with van der Waals surface area (Å²) in [4.78, 5) is 0. The van der Waals surface area contributed by atoms with Gasteiger partial charge in [-0.1, -0.05) is 65.0 Å². The first-order valence-electron chi connectivity index (χ1n) is 13.0. The molecule has 0 bridgehead atoms. The number of anilines is 1. The first-order valence-corrected chi connectivity index (χ1v) is 13.0. The van der Waals surface area contributed by atoms with Gasteiger partial charge in [0.2, 0.25) is 0 Å². The van der Waals surface area contributed by atoms with Crippen molar-refractivity contribution in [1.29, 1.82) is 0 Å². The van der Waals surface area contributed by atoms with Gasteiger partial charge < -0.3 is 15.4 Å². The Kier molecular flexibility index (Phi) is 7.50. The lowest BCUT2D eigenvalue weighted by Crippen LogP contribution is -2.28. The molecule has 2 aliphatic heterocycles. The van der Waals surface area contributed by atoms with E-state index in [1.54, 1.807) is 5.56 Å². The van der Waals surface area contributed by atoms with Crippen molar-refractivity contribution in [3.05, 3.63) is 64.7 Å². The summed E-state index contributed by atoms with van der Waals surface area (Å²) in [5.74, 6) is 0.690. The van der Waals surface area contributed by atoms with Crippen molar-refractivity contribution in [2.24, 2.45) is 0 Å². The smallest absolute Gasteiger partial charge is 0.0485 e. The molecule has 0 aliphatic carbocycles. The molecule has 2 aromatic rings. The second kappa shape index (κ2) is 10.2. The van der Waals surface area contributed by atoms with Crippen LogP contribution in [0.5, 0.6) is 0 Å². The second-order valence-corrected chi connectivity index (χ2v) is 11.9. The lowest BCUT2D eigenvalue weighted by Gasteiger charge is -2.32. The van der Waals surface area contributed by atoms with Gasteiger partial charge in [-0.05, 0) is 96.3 Å². The van der Waals surface area contributed by atoms with Crippen LogP contribution < -0.4 is 10.6 Å². The number of nitrogens with one attached hydrogen (secondary N) is 2. The summed E-state index contributed by atoms with van der Waals surface area (Å²) in [7, 11) is 0. The normalized spacial score (nSPS) is 18.9. The van der Waals surface area contributed by atoms with E-state index < -0.39 is 0 Å². The zero-order valence-corrected chi connectivity index (χ0v) is 21.5. The summed E-state index contributed by atoms with van der Waals surface area (Å²) >= 11 is 0. The van der Waals surface area contributed by atoms with E-state index in [4.69, 9.17) is 4.74 Å². The average Bonchev–Trinajstić information content (AvgIpc) is 2.80. The highest BCUT2D eigenvalue weighted by Gasteiger charge is 2.27. The minimum Gasteiger partial charge on any atom is -0.382 e. The molecule has 0 spiro atoms. The van der Waals surface area contributed by atoms with E-state index in [1.165, 1.54) is 35.2 Å². The lowest BCUT2D eigenvalue weighted by atomic mass is 9.74. The Morgan fingerprint density at radius 1 is 0.909 bits per heavy atom. The van der Waals surface area contributed by atoms with Crippen LogP contribution in [-0.2, 0) is 22.0 Å². The highest BCUT2D eigenvalue weighted by Crippen LogP contribution is 2.37. The molecule has 2 fully saturated rings. The molecule has 4 rings (SSSR count). The standard InChI is InChI=1S/C30H44N2O/c1-29(2,3)28-19-22(9-10-27(28)23-11-15-31-16-12-23)21-30(4,5)24-7-6-8-26(20-24)32-25-13-17-33-18-14-25/h6-10,19-20,23,25,31-32H,11-18,21H2,1-5H3. The van der Waals surface area contributed by atoms with Crippen LogP contribution in [0.2, 0.25) is 0 Å². The van der Waals surface area contributed by atoms with Crippen molar-refractivity contribution >= 4 is 5.69 Å². The summed E-state index contributed by atoms with van der Waals surface area (Å²) in [6.07, 6.45) is 5.73. The Morgan fingerprint density at radius 3 is 2.33 bits per heavy atom. The zero-order chi connectivity index (χ0) is 23.5. The monoisotopic (exact) mass is 448 g/mol. The van der Waals surface area contributed by atoms with Gasteiger partial charge >= 0.3 is 0 Å². The molecule has 0 aromatic heterocycles. The van der Waals surface area contributed by atoms with Gasteiger partial charge in [0, 0.05) is 24.9 Å². The summed E-state index contributed by atoms with van der Waals surface area (Å²) in [6.45, 7) is 15.9. The van der Waals surface area contributed by atoms with Crippen LogP contribution in [0, 0.1) is 0 Å². The summed E-state index contributed by atoms with van der Waals surface area (Å²) < 4.78 is 5.52. The number of rotatable bonds is 6. The molecule has 2 N–H and O–H groups in total. The van der Waals surface area contributed by atoms with Gasteiger partial charge in [0.15, 0.2) is 0 Å². The molecule has 2 saturated heterocycles. The largest absolute Gasteiger partial charge is 0.382 e. The number of hydrogen-bond acceptors (Lipinski definition) is 3. The second-order valence-electron chi connectivity index (χ2n) is 11.9. The fourth-order valence-corrected chi connectivity index (χ4v) is 5.57. The Balaban J connectivity index is 1.54. The highest BCUT2D eigenvalue weighted by atomic mass is 16.5. The molecular formula is C30H44N2O. The van der Waals surface area contributed by atoms with Gasteiger partial charge in [-0.15, -0.1) is 0 Å². The summed E-state index contributed by atoms with van der Waals surface area (Å²) in [5.41, 5.74) is 7.44. The van der Waals surface area contributed by atoms with Crippen LogP contribution in [0.1, 0.15) is 88.5 Å². The lowest BCUT2D eigenvalue weighted by molar-refractivity contribution is 0.0904. The van der Waals surface area contributed by atoms with E-state index in [-0.39, 0.29) is 10.8 Å². The Labute approximate surface area is 201 Å². The van der Waals surface area contributed by atoms with Crippen molar-refractivity contribution < 1.29 is 4.74 Å². The molecule has 3 nitrogen and oxygen atoms in total. The van der Waals surface area contributed by atoms with Crippen LogP contribution >= 0.6 is 0 Å². The van der Waals surface area contributed by atoms with Gasteiger partial charge in [-0.2, -0.15) is 0 Å². The van der Waals surface area contributed by atoms with E-state index in [2.05, 4.69) is 87.7 Å². The van der Waals surface area contributed by atoms with E-state index >= 15 is 0 Å². The molecule has 2 aliphatic rings. The quantitative estimate of drug-likeness (QED) is 0.525. The maximum atomic E-state index is 5.52. The summed E-state index contributed by atoms with van der Waals surface area (Å²) in [5, 5.41) is 7.27. The molecule has 2 aromatic carbocycles. The van der Waals surface area contributed by atoms with Gasteiger partial charge in [-0.3, -0.25) is 0 Å². The molecule has 180 valence electrons. The van der Waals surface area contributed by atoms with Crippen LogP contribution in [0.25, 0.3) is 0 Å². The molecule has 0 unspecified atom stereocenters. The maximum Gasteiger partial charge on any atom is 0.0485 e. The Morgan fingerprint density at radius 2 is 1.64 bits per heavy atom. The topological polar surface area (TPSA) is 33.3 Å². The predicted octanol–water partition coefficient (Wildman–Crippen LogP) is 6.56. The molecule has 0 saturated carbocycles. The third kappa shape index (κ3) is 6.19. The molecular weight excluding hydrogens is 404 g/mol. The molecule has 33 heavy (non-hydrogen) atoms. The number of piperidine rings is 1. The number of benzene rings is 2. The molecule has 2 heterocycles. The van der Waals surface area contributed by atoms with E-state index in [0.717, 1.165) is 45.6 Å². The van der Waals surface area contributed by atoms with E-state index in [0.29, 0.717) is 12.0 Å². The molecule has 3 heteroatoms. The number of hydrogen-bond donors (Lipinski definition) is 2. The fourth-order valence-electron chi connectivity index (χ4n) is 5.57. The third-order valence-corrected chi connectivity index (χ3v) is 7.59. The first kappa shape index (κ1) is 24.3. The summed E-state index contributed by atoms with van der Waals surface area (Å²) in [6, 6.07) is 17.0. The molecule has 0 atom stereocenters. The van der Waals surface area contributed by atoms with Crippen LogP contribution in [0.4, 0.5) is 5.69 Å². The van der Waals surface area contributed by atoms with Crippen LogP contribution in [-0.4, -0.2) is 32.3 Å². The van der Waals surface area contributed by atoms with Crippen molar-refractivity contribution in [1.82, 2.24) is 5.32 Å². The molecule has 0 amide bonds. The SMILES string of the molecule is CC(C)(C)c1cc(CC(C)(C)c2cccc(NC3CCOCC3)c2)ccc1C1CCNCC1. The van der Waals surface area contributed by atoms with E-state index in [1.807, 2.05) is 0 Å². The number of ether oxygens (including phenoxy) is 1. The fraction of sp³-hybridized carbons (Fsp3) is 0.600. The van der Waals surface area contributed by atoms with E-state index in [9.17, 15) is 0 Å². The van der Waals surface area contributed by atoms with Gasteiger partial charge in [0.1, 0.15) is 0 Å². The van der Waals surface area contributed by atoms with Crippen molar-refractivity contribution in [3.63, 3.8) is 0 Å². The Hall–Kier alpha value is -1.84. The van der Waals surface area contributed by atoms with Crippen molar-refractivity contribution in [2.45, 2.75) is 89.5 Å². The average molecular weight is 449 g/mol.